The summed E-state index contributed by atoms with van der Waals surface area (Å²) in [6.07, 6.45) is 6.68. The van der Waals surface area contributed by atoms with E-state index in [-0.39, 0.29) is 0 Å². The summed E-state index contributed by atoms with van der Waals surface area (Å²) in [6, 6.07) is 9.34. The van der Waals surface area contributed by atoms with Crippen molar-refractivity contribution in [2.45, 2.75) is 31.6 Å². The van der Waals surface area contributed by atoms with E-state index in [9.17, 15) is 9.90 Å². The number of rotatable bonds is 4. The van der Waals surface area contributed by atoms with Gasteiger partial charge in [0.25, 0.3) is 0 Å². The number of aromatic carboxylic acids is 1. The Morgan fingerprint density at radius 2 is 2.00 bits per heavy atom. The highest BCUT2D eigenvalue weighted by Crippen LogP contribution is 2.44. The second-order valence-electron chi connectivity index (χ2n) is 6.93. The Bertz CT molecular complexity index is 967. The van der Waals surface area contributed by atoms with E-state index in [1.165, 1.54) is 31.2 Å². The van der Waals surface area contributed by atoms with Crippen LogP contribution in [-0.2, 0) is 7.05 Å². The summed E-state index contributed by atoms with van der Waals surface area (Å²) in [4.78, 5) is 15.8. The molecule has 0 bridgehead atoms. The van der Waals surface area contributed by atoms with Crippen LogP contribution in [0.15, 0.2) is 36.5 Å². The molecule has 0 amide bonds. The van der Waals surface area contributed by atoms with Gasteiger partial charge in [-0.15, -0.1) is 0 Å². The highest BCUT2D eigenvalue weighted by molar-refractivity contribution is 5.98. The van der Waals surface area contributed by atoms with Gasteiger partial charge in [-0.05, 0) is 42.5 Å². The number of carbonyl (C=O) groups is 1. The molecule has 0 atom stereocenters. The van der Waals surface area contributed by atoms with Gasteiger partial charge in [0.15, 0.2) is 0 Å². The number of fused-ring (bicyclic) bond motifs is 1. The lowest BCUT2D eigenvalue weighted by molar-refractivity contribution is 0.0697. The molecule has 0 unspecified atom stereocenters. The van der Waals surface area contributed by atoms with Crippen LogP contribution in [0.1, 0.15) is 47.5 Å². The largest absolute Gasteiger partial charge is 0.481 e. The maximum absolute atomic E-state index is 11.4. The third kappa shape index (κ3) is 2.64. The molecule has 0 aliphatic heterocycles. The topological polar surface area (TPSA) is 64.3 Å². The smallest absolute Gasteiger partial charge is 0.335 e. The first-order valence-electron chi connectivity index (χ1n) is 8.96. The molecule has 134 valence electrons. The molecule has 4 rings (SSSR count). The van der Waals surface area contributed by atoms with Crippen LogP contribution in [-0.4, -0.2) is 27.7 Å². The van der Waals surface area contributed by atoms with E-state index in [1.807, 2.05) is 31.4 Å². The second kappa shape index (κ2) is 6.48. The van der Waals surface area contributed by atoms with Gasteiger partial charge in [-0.2, -0.15) is 0 Å². The number of pyridine rings is 1. The average Bonchev–Trinajstić information content (AvgIpc) is 3.28. The molecule has 2 aromatic heterocycles. The third-order valence-corrected chi connectivity index (χ3v) is 5.47. The van der Waals surface area contributed by atoms with Gasteiger partial charge in [0, 0.05) is 35.8 Å². The zero-order chi connectivity index (χ0) is 18.3. The molecule has 3 aromatic rings. The molecule has 26 heavy (non-hydrogen) atoms. The predicted molar refractivity (Wildman–Crippen MR) is 101 cm³/mol. The van der Waals surface area contributed by atoms with Gasteiger partial charge in [0.1, 0.15) is 0 Å². The van der Waals surface area contributed by atoms with Crippen molar-refractivity contribution in [1.29, 1.82) is 0 Å². The number of carboxylic acids is 1. The van der Waals surface area contributed by atoms with E-state index < -0.39 is 5.97 Å². The van der Waals surface area contributed by atoms with E-state index in [2.05, 4.69) is 9.55 Å². The maximum Gasteiger partial charge on any atom is 0.335 e. The lowest BCUT2D eigenvalue weighted by atomic mass is 9.92. The highest BCUT2D eigenvalue weighted by atomic mass is 16.5. The van der Waals surface area contributed by atoms with Gasteiger partial charge in [-0.25, -0.2) is 9.78 Å². The van der Waals surface area contributed by atoms with Gasteiger partial charge < -0.3 is 14.4 Å². The van der Waals surface area contributed by atoms with Crippen molar-refractivity contribution in [3.05, 3.63) is 47.7 Å². The SMILES string of the molecule is COc1ccc(-c2c(C3CCCC3)c3ccc(C(=O)O)cc3n2C)cn1. The third-order valence-electron chi connectivity index (χ3n) is 5.47. The molecule has 0 saturated heterocycles. The molecule has 5 nitrogen and oxygen atoms in total. The Hall–Kier alpha value is -2.82. The Labute approximate surface area is 152 Å². The van der Waals surface area contributed by atoms with Crippen LogP contribution in [0.5, 0.6) is 5.88 Å². The number of hydrogen-bond acceptors (Lipinski definition) is 3. The van der Waals surface area contributed by atoms with E-state index in [0.717, 1.165) is 22.2 Å². The summed E-state index contributed by atoms with van der Waals surface area (Å²) in [5, 5.41) is 10.5. The average molecular weight is 350 g/mol. The monoisotopic (exact) mass is 350 g/mol. The molecule has 1 saturated carbocycles. The van der Waals surface area contributed by atoms with Crippen LogP contribution >= 0.6 is 0 Å². The van der Waals surface area contributed by atoms with Crippen LogP contribution in [0.3, 0.4) is 0 Å². The number of hydrogen-bond donors (Lipinski definition) is 1. The van der Waals surface area contributed by atoms with E-state index in [0.29, 0.717) is 17.4 Å². The van der Waals surface area contributed by atoms with Crippen molar-refractivity contribution in [3.8, 4) is 17.1 Å². The van der Waals surface area contributed by atoms with Crippen molar-refractivity contribution in [2.24, 2.45) is 7.05 Å². The maximum atomic E-state index is 11.4. The second-order valence-corrected chi connectivity index (χ2v) is 6.93. The fourth-order valence-corrected chi connectivity index (χ4v) is 4.22. The zero-order valence-electron chi connectivity index (χ0n) is 15.0. The molecule has 1 aromatic carbocycles. The number of carboxylic acid groups (broad SMARTS) is 1. The van der Waals surface area contributed by atoms with E-state index in [1.54, 1.807) is 19.2 Å². The highest BCUT2D eigenvalue weighted by Gasteiger charge is 2.27. The van der Waals surface area contributed by atoms with Crippen LogP contribution in [0, 0.1) is 0 Å². The number of ether oxygens (including phenoxy) is 1. The normalized spacial score (nSPS) is 14.8. The molecule has 1 fully saturated rings. The Balaban J connectivity index is 1.97. The summed E-state index contributed by atoms with van der Waals surface area (Å²) in [6.45, 7) is 0. The van der Waals surface area contributed by atoms with E-state index >= 15 is 0 Å². The van der Waals surface area contributed by atoms with Crippen molar-refractivity contribution < 1.29 is 14.6 Å². The van der Waals surface area contributed by atoms with Gasteiger partial charge >= 0.3 is 5.97 Å². The summed E-state index contributed by atoms with van der Waals surface area (Å²) in [7, 11) is 3.61. The molecule has 2 heterocycles. The minimum Gasteiger partial charge on any atom is -0.481 e. The summed E-state index contributed by atoms with van der Waals surface area (Å²) >= 11 is 0. The number of benzene rings is 1. The molecule has 1 aliphatic rings. The Morgan fingerprint density at radius 1 is 1.23 bits per heavy atom. The van der Waals surface area contributed by atoms with Gasteiger partial charge in [0.2, 0.25) is 5.88 Å². The number of nitrogens with zero attached hydrogens (tertiary/aromatic N) is 2. The van der Waals surface area contributed by atoms with Gasteiger partial charge in [-0.1, -0.05) is 18.9 Å². The van der Waals surface area contributed by atoms with Crippen LogP contribution < -0.4 is 4.74 Å². The lowest BCUT2D eigenvalue weighted by Crippen LogP contribution is -1.99. The Kier molecular flexibility index (Phi) is 4.15. The van der Waals surface area contributed by atoms with Crippen molar-refractivity contribution >= 4 is 16.9 Å². The number of methoxy groups -OCH3 is 1. The first-order valence-corrected chi connectivity index (χ1v) is 8.96. The predicted octanol–water partition coefficient (Wildman–Crippen LogP) is 4.60. The number of aryl methyl sites for hydroxylation is 1. The Morgan fingerprint density at radius 3 is 2.62 bits per heavy atom. The molecular weight excluding hydrogens is 328 g/mol. The fraction of sp³-hybridized carbons (Fsp3) is 0.333. The quantitative estimate of drug-likeness (QED) is 0.746. The first kappa shape index (κ1) is 16.6. The van der Waals surface area contributed by atoms with Crippen LogP contribution in [0.4, 0.5) is 0 Å². The summed E-state index contributed by atoms with van der Waals surface area (Å²) in [5.41, 5.74) is 4.75. The van der Waals surface area contributed by atoms with Crippen molar-refractivity contribution in [2.75, 3.05) is 7.11 Å². The lowest BCUT2D eigenvalue weighted by Gasteiger charge is -2.14. The molecule has 1 aliphatic carbocycles. The van der Waals surface area contributed by atoms with Gasteiger partial charge in [0.05, 0.1) is 18.4 Å². The van der Waals surface area contributed by atoms with Crippen molar-refractivity contribution in [3.63, 3.8) is 0 Å². The summed E-state index contributed by atoms with van der Waals surface area (Å²) < 4.78 is 7.29. The molecule has 0 radical (unpaired) electrons. The molecule has 5 heteroatoms. The zero-order valence-corrected chi connectivity index (χ0v) is 15.0. The van der Waals surface area contributed by atoms with E-state index in [4.69, 9.17) is 4.74 Å². The van der Waals surface area contributed by atoms with Crippen LogP contribution in [0.25, 0.3) is 22.2 Å². The fourth-order valence-electron chi connectivity index (χ4n) is 4.22. The van der Waals surface area contributed by atoms with Crippen molar-refractivity contribution in [1.82, 2.24) is 9.55 Å². The molecule has 0 spiro atoms. The molecule has 1 N–H and O–H groups in total. The van der Waals surface area contributed by atoms with Crippen LogP contribution in [0.2, 0.25) is 0 Å². The minimum absolute atomic E-state index is 0.315. The van der Waals surface area contributed by atoms with Gasteiger partial charge in [-0.3, -0.25) is 0 Å². The number of aromatic nitrogens is 2. The minimum atomic E-state index is -0.900. The standard InChI is InChI=1S/C21H22N2O3/c1-23-17-11-14(21(24)25)7-9-16(17)19(13-5-3-4-6-13)20(23)15-8-10-18(26-2)22-12-15/h7-13H,3-6H2,1-2H3,(H,24,25). The molecular formula is C21H22N2O3. The summed E-state index contributed by atoms with van der Waals surface area (Å²) in [5.74, 6) is 0.192. The first-order chi connectivity index (χ1) is 12.6.